The maximum absolute atomic E-state index is 11.6. The van der Waals surface area contributed by atoms with E-state index in [9.17, 15) is 9.59 Å². The minimum absolute atomic E-state index is 0.290. The molecular formula is C14H19BrN2O5. The Labute approximate surface area is 136 Å². The van der Waals surface area contributed by atoms with Gasteiger partial charge in [0.25, 0.3) is 0 Å². The van der Waals surface area contributed by atoms with Gasteiger partial charge in [0, 0.05) is 0 Å². The number of hydrogen-bond acceptors (Lipinski definition) is 5. The maximum Gasteiger partial charge on any atom is 0.408 e. The van der Waals surface area contributed by atoms with E-state index in [-0.39, 0.29) is 6.61 Å². The molecule has 22 heavy (non-hydrogen) atoms. The van der Waals surface area contributed by atoms with Gasteiger partial charge in [-0.25, -0.2) is 9.59 Å². The molecule has 7 nitrogen and oxygen atoms in total. The van der Waals surface area contributed by atoms with Crippen LogP contribution in [0.15, 0.2) is 22.7 Å². The lowest BCUT2D eigenvalue weighted by molar-refractivity contribution is -0.140. The molecule has 0 aromatic heterocycles. The fourth-order valence-corrected chi connectivity index (χ4v) is 1.96. The number of alkyl carbamates (subject to hydrolysis) is 1. The number of anilines is 1. The van der Waals surface area contributed by atoms with Crippen LogP contribution >= 0.6 is 15.9 Å². The predicted molar refractivity (Wildman–Crippen MR) is 84.8 cm³/mol. The number of nitrogen functional groups attached to an aromatic ring is 1. The standard InChI is InChI=1S/C14H19BrN2O5/c1-14(2,3)22-13(20)17-10(12(18)19)7-21-11-8(15)5-4-6-9(11)16/h4-6,10H,7,16H2,1-3H3,(H,17,20)(H,18,19). The lowest BCUT2D eigenvalue weighted by Crippen LogP contribution is -2.46. The number of nitrogens with two attached hydrogens (primary N) is 1. The monoisotopic (exact) mass is 374 g/mol. The molecule has 0 radical (unpaired) electrons. The normalized spacial score (nSPS) is 12.4. The van der Waals surface area contributed by atoms with Crippen molar-refractivity contribution in [2.45, 2.75) is 32.4 Å². The lowest BCUT2D eigenvalue weighted by atomic mass is 10.2. The van der Waals surface area contributed by atoms with Crippen LogP contribution in [-0.2, 0) is 9.53 Å². The Bertz CT molecular complexity index is 536. The van der Waals surface area contributed by atoms with Crippen molar-refractivity contribution in [1.29, 1.82) is 0 Å². The van der Waals surface area contributed by atoms with Gasteiger partial charge in [0.15, 0.2) is 11.8 Å². The molecule has 1 aromatic carbocycles. The van der Waals surface area contributed by atoms with Gasteiger partial charge < -0.3 is 25.6 Å². The first-order valence-corrected chi connectivity index (χ1v) is 7.28. The number of halogens is 1. The molecule has 1 rings (SSSR count). The van der Waals surface area contributed by atoms with Gasteiger partial charge >= 0.3 is 12.1 Å². The summed E-state index contributed by atoms with van der Waals surface area (Å²) in [5.74, 6) is -0.920. The minimum Gasteiger partial charge on any atom is -0.487 e. The Morgan fingerprint density at radius 2 is 2.05 bits per heavy atom. The number of amides is 1. The second-order valence-corrected chi connectivity index (χ2v) is 6.36. The van der Waals surface area contributed by atoms with E-state index in [0.29, 0.717) is 15.9 Å². The van der Waals surface area contributed by atoms with Crippen LogP contribution in [0.5, 0.6) is 5.75 Å². The van der Waals surface area contributed by atoms with Crippen LogP contribution in [0.1, 0.15) is 20.8 Å². The zero-order valence-corrected chi connectivity index (χ0v) is 14.1. The van der Waals surface area contributed by atoms with Crippen LogP contribution in [0.25, 0.3) is 0 Å². The molecule has 0 aliphatic heterocycles. The second-order valence-electron chi connectivity index (χ2n) is 5.51. The summed E-state index contributed by atoms with van der Waals surface area (Å²) in [5.41, 5.74) is 5.39. The van der Waals surface area contributed by atoms with Gasteiger partial charge in [-0.1, -0.05) is 6.07 Å². The van der Waals surface area contributed by atoms with Crippen molar-refractivity contribution in [3.05, 3.63) is 22.7 Å². The third-order valence-electron chi connectivity index (χ3n) is 2.38. The van der Waals surface area contributed by atoms with Crippen LogP contribution in [0.3, 0.4) is 0 Å². The Balaban J connectivity index is 2.70. The summed E-state index contributed by atoms with van der Waals surface area (Å²) < 4.78 is 11.0. The van der Waals surface area contributed by atoms with Gasteiger partial charge in [-0.05, 0) is 48.8 Å². The summed E-state index contributed by atoms with van der Waals surface area (Å²) in [6, 6.07) is 3.79. The SMILES string of the molecule is CC(C)(C)OC(=O)NC(COc1c(N)cccc1Br)C(=O)O. The van der Waals surface area contributed by atoms with E-state index < -0.39 is 23.7 Å². The van der Waals surface area contributed by atoms with Crippen molar-refractivity contribution in [3.8, 4) is 5.75 Å². The van der Waals surface area contributed by atoms with Gasteiger partial charge in [0.1, 0.15) is 12.2 Å². The molecule has 0 aliphatic rings. The highest BCUT2D eigenvalue weighted by molar-refractivity contribution is 9.10. The third-order valence-corrected chi connectivity index (χ3v) is 3.01. The van der Waals surface area contributed by atoms with Gasteiger partial charge in [0.05, 0.1) is 10.2 Å². The lowest BCUT2D eigenvalue weighted by Gasteiger charge is -2.22. The molecule has 1 unspecified atom stereocenters. The topological polar surface area (TPSA) is 111 Å². The molecule has 0 heterocycles. The van der Waals surface area contributed by atoms with Crippen molar-refractivity contribution >= 4 is 33.7 Å². The number of benzene rings is 1. The molecule has 8 heteroatoms. The van der Waals surface area contributed by atoms with Gasteiger partial charge in [-0.15, -0.1) is 0 Å². The largest absolute Gasteiger partial charge is 0.487 e. The van der Waals surface area contributed by atoms with Crippen molar-refractivity contribution in [2.75, 3.05) is 12.3 Å². The smallest absolute Gasteiger partial charge is 0.408 e. The summed E-state index contributed by atoms with van der Waals surface area (Å²) in [5, 5.41) is 11.4. The van der Waals surface area contributed by atoms with Crippen LogP contribution in [-0.4, -0.2) is 35.4 Å². The van der Waals surface area contributed by atoms with E-state index >= 15 is 0 Å². The molecule has 0 saturated heterocycles. The van der Waals surface area contributed by atoms with E-state index in [1.54, 1.807) is 39.0 Å². The average molecular weight is 375 g/mol. The quantitative estimate of drug-likeness (QED) is 0.682. The van der Waals surface area contributed by atoms with E-state index in [2.05, 4.69) is 21.2 Å². The second kappa shape index (κ2) is 7.35. The van der Waals surface area contributed by atoms with Gasteiger partial charge in [-0.3, -0.25) is 0 Å². The first-order chi connectivity index (χ1) is 10.1. The van der Waals surface area contributed by atoms with Crippen LogP contribution < -0.4 is 15.8 Å². The summed E-state index contributed by atoms with van der Waals surface area (Å²) in [4.78, 5) is 22.8. The molecule has 1 atom stereocenters. The van der Waals surface area contributed by atoms with Crippen LogP contribution in [0.2, 0.25) is 0 Å². The number of rotatable bonds is 5. The number of carboxylic acids is 1. The highest BCUT2D eigenvalue weighted by atomic mass is 79.9. The Morgan fingerprint density at radius 3 is 2.55 bits per heavy atom. The number of carbonyl (C=O) groups is 2. The molecule has 0 fully saturated rings. The number of aliphatic carboxylic acids is 1. The number of hydrogen-bond donors (Lipinski definition) is 3. The zero-order chi connectivity index (χ0) is 16.9. The number of nitrogens with one attached hydrogen (secondary N) is 1. The first-order valence-electron chi connectivity index (χ1n) is 6.49. The number of carbonyl (C=O) groups excluding carboxylic acids is 1. The third kappa shape index (κ3) is 5.80. The van der Waals surface area contributed by atoms with Crippen molar-refractivity contribution in [1.82, 2.24) is 5.32 Å². The number of ether oxygens (including phenoxy) is 2. The van der Waals surface area contributed by atoms with E-state index in [1.165, 1.54) is 0 Å². The Kier molecular flexibility index (Phi) is 6.04. The number of carboxylic acid groups (broad SMARTS) is 1. The molecular weight excluding hydrogens is 356 g/mol. The fraction of sp³-hybridized carbons (Fsp3) is 0.429. The molecule has 0 spiro atoms. The average Bonchev–Trinajstić information content (AvgIpc) is 2.34. The van der Waals surface area contributed by atoms with E-state index in [0.717, 1.165) is 0 Å². The maximum atomic E-state index is 11.6. The number of para-hydroxylation sites is 1. The molecule has 4 N–H and O–H groups in total. The van der Waals surface area contributed by atoms with Crippen LogP contribution in [0, 0.1) is 0 Å². The zero-order valence-electron chi connectivity index (χ0n) is 12.6. The van der Waals surface area contributed by atoms with Crippen molar-refractivity contribution in [2.24, 2.45) is 0 Å². The Hall–Kier alpha value is -1.96. The molecule has 1 aromatic rings. The fourth-order valence-electron chi connectivity index (χ4n) is 1.47. The van der Waals surface area contributed by atoms with Crippen LogP contribution in [0.4, 0.5) is 10.5 Å². The molecule has 0 bridgehead atoms. The van der Waals surface area contributed by atoms with Crippen molar-refractivity contribution in [3.63, 3.8) is 0 Å². The minimum atomic E-state index is -1.26. The molecule has 0 saturated carbocycles. The highest BCUT2D eigenvalue weighted by Crippen LogP contribution is 2.30. The summed E-state index contributed by atoms with van der Waals surface area (Å²) in [7, 11) is 0. The summed E-state index contributed by atoms with van der Waals surface area (Å²) in [6.07, 6.45) is -0.830. The summed E-state index contributed by atoms with van der Waals surface area (Å²) in [6.45, 7) is 4.75. The Morgan fingerprint density at radius 1 is 1.41 bits per heavy atom. The van der Waals surface area contributed by atoms with Gasteiger partial charge in [-0.2, -0.15) is 0 Å². The molecule has 122 valence electrons. The first kappa shape index (κ1) is 18.1. The predicted octanol–water partition coefficient (Wildman–Crippen LogP) is 2.39. The van der Waals surface area contributed by atoms with Gasteiger partial charge in [0.2, 0.25) is 0 Å². The van der Waals surface area contributed by atoms with E-state index in [1.807, 2.05) is 0 Å². The van der Waals surface area contributed by atoms with E-state index in [4.69, 9.17) is 20.3 Å². The van der Waals surface area contributed by atoms with Crippen molar-refractivity contribution < 1.29 is 24.2 Å². The molecule has 1 amide bonds. The molecule has 0 aliphatic carbocycles. The summed E-state index contributed by atoms with van der Waals surface area (Å²) >= 11 is 3.26. The highest BCUT2D eigenvalue weighted by Gasteiger charge is 2.25.